The van der Waals surface area contributed by atoms with Crippen LogP contribution in [0.1, 0.15) is 28.9 Å². The quantitative estimate of drug-likeness (QED) is 0.738. The van der Waals surface area contributed by atoms with Gasteiger partial charge in [0, 0.05) is 15.4 Å². The van der Waals surface area contributed by atoms with Gasteiger partial charge in [0.15, 0.2) is 5.78 Å². The number of rotatable bonds is 0. The number of aromatic amines is 1. The molecule has 16 heavy (non-hydrogen) atoms. The number of nitrogens with one attached hydrogen (secondary N) is 1. The van der Waals surface area contributed by atoms with Crippen LogP contribution in [0.4, 0.5) is 4.39 Å². The van der Waals surface area contributed by atoms with Crippen LogP contribution >= 0.6 is 22.6 Å². The molecule has 1 aliphatic carbocycles. The number of fused-ring (bicyclic) bond motifs is 3. The Balaban J connectivity index is 2.40. The zero-order valence-electron chi connectivity index (χ0n) is 8.44. The number of halogens is 2. The molecule has 0 saturated heterocycles. The number of carbonyl (C=O) groups excluding carboxylic acids is 1. The summed E-state index contributed by atoms with van der Waals surface area (Å²) in [7, 11) is 0. The van der Waals surface area contributed by atoms with Gasteiger partial charge < -0.3 is 4.98 Å². The van der Waals surface area contributed by atoms with E-state index in [-0.39, 0.29) is 11.6 Å². The van der Waals surface area contributed by atoms with E-state index in [1.807, 2.05) is 6.07 Å². The molecule has 82 valence electrons. The van der Waals surface area contributed by atoms with Gasteiger partial charge in [0.1, 0.15) is 5.82 Å². The molecule has 0 radical (unpaired) electrons. The smallest absolute Gasteiger partial charge is 0.179 e. The minimum atomic E-state index is -0.274. The Morgan fingerprint density at radius 1 is 1.31 bits per heavy atom. The molecule has 1 aromatic carbocycles. The third-order valence-electron chi connectivity index (χ3n) is 3.04. The van der Waals surface area contributed by atoms with Crippen LogP contribution in [-0.2, 0) is 6.42 Å². The second-order valence-electron chi connectivity index (χ2n) is 4.07. The summed E-state index contributed by atoms with van der Waals surface area (Å²) in [6, 6.07) is 3.42. The molecule has 0 unspecified atom stereocenters. The third-order valence-corrected chi connectivity index (χ3v) is 3.66. The van der Waals surface area contributed by atoms with Crippen LogP contribution in [0.15, 0.2) is 12.1 Å². The first-order valence-electron chi connectivity index (χ1n) is 5.19. The highest BCUT2D eigenvalue weighted by atomic mass is 127. The predicted molar refractivity (Wildman–Crippen MR) is 68.2 cm³/mol. The van der Waals surface area contributed by atoms with Gasteiger partial charge in [-0.25, -0.2) is 4.39 Å². The number of ketones is 1. The summed E-state index contributed by atoms with van der Waals surface area (Å²) in [5.74, 6) is -0.170. The lowest BCUT2D eigenvalue weighted by molar-refractivity contribution is 0.0968. The summed E-state index contributed by atoms with van der Waals surface area (Å²) in [4.78, 5) is 14.6. The minimum Gasteiger partial charge on any atom is -0.349 e. The minimum absolute atomic E-state index is 0.104. The third kappa shape index (κ3) is 1.39. The first kappa shape index (κ1) is 10.3. The van der Waals surface area contributed by atoms with Crippen LogP contribution in [-0.4, -0.2) is 10.8 Å². The summed E-state index contributed by atoms with van der Waals surface area (Å²) in [5.41, 5.74) is 2.08. The Bertz CT molecular complexity index is 603. The van der Waals surface area contributed by atoms with Crippen molar-refractivity contribution in [2.24, 2.45) is 0 Å². The monoisotopic (exact) mass is 329 g/mol. The van der Waals surface area contributed by atoms with Crippen molar-refractivity contribution in [1.29, 1.82) is 0 Å². The fourth-order valence-electron chi connectivity index (χ4n) is 2.32. The number of hydrogen-bond donors (Lipinski definition) is 1. The molecule has 2 nitrogen and oxygen atoms in total. The number of carbonyl (C=O) groups is 1. The Morgan fingerprint density at radius 2 is 2.12 bits per heavy atom. The standard InChI is InChI=1S/C12H9FINO/c13-9-5-6(14)4-8-7-2-1-3-10(16)12(7)15-11(8)9/h4-5,15H,1-3H2. The van der Waals surface area contributed by atoms with E-state index in [1.165, 1.54) is 6.07 Å². The molecule has 3 rings (SSSR count). The van der Waals surface area contributed by atoms with Crippen LogP contribution in [0.25, 0.3) is 10.9 Å². The molecule has 0 amide bonds. The molecule has 1 aliphatic rings. The molecule has 1 aromatic heterocycles. The maximum atomic E-state index is 13.7. The normalized spacial score (nSPS) is 15.5. The number of Topliss-reactive ketones (excluding diaryl/α,β-unsaturated/α-hetero) is 1. The van der Waals surface area contributed by atoms with E-state index >= 15 is 0 Å². The maximum absolute atomic E-state index is 13.7. The molecule has 2 aromatic rings. The van der Waals surface area contributed by atoms with Gasteiger partial charge in [-0.3, -0.25) is 4.79 Å². The van der Waals surface area contributed by atoms with E-state index in [9.17, 15) is 9.18 Å². The molecule has 0 spiro atoms. The largest absolute Gasteiger partial charge is 0.349 e. The second kappa shape index (κ2) is 3.55. The van der Waals surface area contributed by atoms with Crippen LogP contribution in [0, 0.1) is 9.39 Å². The summed E-state index contributed by atoms with van der Waals surface area (Å²) < 4.78 is 14.6. The molecule has 1 heterocycles. The zero-order chi connectivity index (χ0) is 11.3. The highest BCUT2D eigenvalue weighted by Gasteiger charge is 2.23. The van der Waals surface area contributed by atoms with Crippen LogP contribution < -0.4 is 0 Å². The Hall–Kier alpha value is -0.910. The van der Waals surface area contributed by atoms with Gasteiger partial charge in [-0.1, -0.05) is 0 Å². The Labute approximate surface area is 105 Å². The van der Waals surface area contributed by atoms with Gasteiger partial charge >= 0.3 is 0 Å². The van der Waals surface area contributed by atoms with Gasteiger partial charge in [0.2, 0.25) is 0 Å². The van der Waals surface area contributed by atoms with Gasteiger partial charge in [-0.2, -0.15) is 0 Å². The zero-order valence-corrected chi connectivity index (χ0v) is 10.6. The summed E-state index contributed by atoms with van der Waals surface area (Å²) in [6.07, 6.45) is 2.30. The molecule has 0 saturated carbocycles. The molecule has 1 N–H and O–H groups in total. The molecular formula is C12H9FINO. The first-order valence-corrected chi connectivity index (χ1v) is 6.27. The summed E-state index contributed by atoms with van der Waals surface area (Å²) in [6.45, 7) is 0. The van der Waals surface area contributed by atoms with Crippen molar-refractivity contribution in [2.75, 3.05) is 0 Å². The Morgan fingerprint density at radius 3 is 2.94 bits per heavy atom. The lowest BCUT2D eigenvalue weighted by atomic mass is 9.95. The van der Waals surface area contributed by atoms with Gasteiger partial charge in [-0.05, 0) is 53.1 Å². The van der Waals surface area contributed by atoms with Crippen molar-refractivity contribution in [3.63, 3.8) is 0 Å². The molecule has 0 fully saturated rings. The average Bonchev–Trinajstić information content (AvgIpc) is 2.59. The second-order valence-corrected chi connectivity index (χ2v) is 5.31. The van der Waals surface area contributed by atoms with E-state index in [0.717, 1.165) is 27.4 Å². The lowest BCUT2D eigenvalue weighted by Crippen LogP contribution is -2.09. The summed E-state index contributed by atoms with van der Waals surface area (Å²) in [5, 5.41) is 0.868. The van der Waals surface area contributed by atoms with Crippen molar-refractivity contribution in [3.8, 4) is 0 Å². The van der Waals surface area contributed by atoms with Crippen molar-refractivity contribution < 1.29 is 9.18 Å². The first-order chi connectivity index (χ1) is 7.66. The molecule has 0 bridgehead atoms. The van der Waals surface area contributed by atoms with Crippen LogP contribution in [0.5, 0.6) is 0 Å². The van der Waals surface area contributed by atoms with Crippen molar-refractivity contribution in [2.45, 2.75) is 19.3 Å². The van der Waals surface area contributed by atoms with Crippen molar-refractivity contribution in [3.05, 3.63) is 32.8 Å². The number of hydrogen-bond acceptors (Lipinski definition) is 1. The number of aromatic nitrogens is 1. The van der Waals surface area contributed by atoms with E-state index in [1.54, 1.807) is 0 Å². The van der Waals surface area contributed by atoms with Crippen molar-refractivity contribution in [1.82, 2.24) is 4.98 Å². The maximum Gasteiger partial charge on any atom is 0.179 e. The highest BCUT2D eigenvalue weighted by Crippen LogP contribution is 2.31. The number of H-pyrrole nitrogens is 1. The predicted octanol–water partition coefficient (Wildman–Crippen LogP) is 3.43. The SMILES string of the molecule is O=C1CCCc2c1[nH]c1c(F)cc(I)cc21. The van der Waals surface area contributed by atoms with Crippen molar-refractivity contribution >= 4 is 39.3 Å². The average molecular weight is 329 g/mol. The van der Waals surface area contributed by atoms with Crippen LogP contribution in [0.2, 0.25) is 0 Å². The van der Waals surface area contributed by atoms with E-state index < -0.39 is 0 Å². The van der Waals surface area contributed by atoms with E-state index in [4.69, 9.17) is 0 Å². The molecule has 0 aliphatic heterocycles. The number of benzene rings is 1. The van der Waals surface area contributed by atoms with E-state index in [2.05, 4.69) is 27.6 Å². The van der Waals surface area contributed by atoms with Crippen LogP contribution in [0.3, 0.4) is 0 Å². The van der Waals surface area contributed by atoms with E-state index in [0.29, 0.717) is 17.6 Å². The summed E-state index contributed by atoms with van der Waals surface area (Å²) >= 11 is 2.09. The molecule has 0 atom stereocenters. The molecular weight excluding hydrogens is 320 g/mol. The Kier molecular flexibility index (Phi) is 2.27. The lowest BCUT2D eigenvalue weighted by Gasteiger charge is -2.09. The van der Waals surface area contributed by atoms with Gasteiger partial charge in [-0.15, -0.1) is 0 Å². The topological polar surface area (TPSA) is 32.9 Å². The fourth-order valence-corrected chi connectivity index (χ4v) is 2.91. The fraction of sp³-hybridized carbons (Fsp3) is 0.250. The number of aryl methyl sites for hydroxylation is 1. The molecule has 4 heteroatoms. The van der Waals surface area contributed by atoms with Gasteiger partial charge in [0.25, 0.3) is 0 Å². The highest BCUT2D eigenvalue weighted by molar-refractivity contribution is 14.1. The van der Waals surface area contributed by atoms with Gasteiger partial charge in [0.05, 0.1) is 11.2 Å².